The number of H-pyrrole nitrogens is 1. The SMILES string of the molecule is Cc1ccccc1C1c2[nH]c3ccccc3c2CC2C(=O)N(c3ccc(C(=O)NC4CC(C)(C)NC(C)(C)C4)cc3)C(=O)N21. The molecule has 3 aromatic carbocycles. The van der Waals surface area contributed by atoms with Crippen LogP contribution in [0.2, 0.25) is 0 Å². The van der Waals surface area contributed by atoms with E-state index in [1.165, 1.54) is 4.90 Å². The number of urea groups is 1. The van der Waals surface area contributed by atoms with Gasteiger partial charge in [0.1, 0.15) is 12.1 Å². The van der Waals surface area contributed by atoms with E-state index in [2.05, 4.69) is 49.4 Å². The second-order valence-electron chi connectivity index (χ2n) is 13.9. The van der Waals surface area contributed by atoms with E-state index in [1.54, 1.807) is 29.2 Å². The first kappa shape index (κ1) is 28.3. The second kappa shape index (κ2) is 10.1. The lowest BCUT2D eigenvalue weighted by Gasteiger charge is -2.46. The number of aromatic amines is 1. The van der Waals surface area contributed by atoms with Crippen LogP contribution >= 0.6 is 0 Å². The molecule has 3 N–H and O–H groups in total. The third-order valence-electron chi connectivity index (χ3n) is 9.45. The van der Waals surface area contributed by atoms with Crippen LogP contribution in [0, 0.1) is 6.92 Å². The lowest BCUT2D eigenvalue weighted by molar-refractivity contribution is -0.120. The Bertz CT molecular complexity index is 1790. The number of benzene rings is 3. The molecule has 0 bridgehead atoms. The van der Waals surface area contributed by atoms with E-state index in [-0.39, 0.29) is 35.0 Å². The number of anilines is 1. The van der Waals surface area contributed by atoms with Gasteiger partial charge < -0.3 is 15.6 Å². The van der Waals surface area contributed by atoms with Crippen molar-refractivity contribution in [3.05, 3.63) is 101 Å². The molecule has 0 spiro atoms. The van der Waals surface area contributed by atoms with Gasteiger partial charge in [0.15, 0.2) is 0 Å². The van der Waals surface area contributed by atoms with E-state index in [1.807, 2.05) is 49.4 Å². The van der Waals surface area contributed by atoms with Crippen molar-refractivity contribution in [1.82, 2.24) is 20.5 Å². The number of hydrogen-bond donors (Lipinski definition) is 3. The van der Waals surface area contributed by atoms with Gasteiger partial charge in [0.2, 0.25) is 0 Å². The summed E-state index contributed by atoms with van der Waals surface area (Å²) in [4.78, 5) is 48.1. The Morgan fingerprint density at radius 2 is 1.55 bits per heavy atom. The highest BCUT2D eigenvalue weighted by Gasteiger charge is 2.53. The summed E-state index contributed by atoms with van der Waals surface area (Å²) >= 11 is 0. The highest BCUT2D eigenvalue weighted by atomic mass is 16.2. The normalized spacial score (nSPS) is 22.7. The van der Waals surface area contributed by atoms with Crippen LogP contribution in [-0.4, -0.2) is 50.9 Å². The highest BCUT2D eigenvalue weighted by Crippen LogP contribution is 2.45. The van der Waals surface area contributed by atoms with Crippen molar-refractivity contribution in [2.45, 2.75) is 83.1 Å². The molecule has 4 heterocycles. The zero-order valence-electron chi connectivity index (χ0n) is 25.9. The third kappa shape index (κ3) is 4.68. The zero-order valence-corrected chi connectivity index (χ0v) is 25.9. The predicted molar refractivity (Wildman–Crippen MR) is 172 cm³/mol. The van der Waals surface area contributed by atoms with Crippen molar-refractivity contribution in [3.8, 4) is 0 Å². The van der Waals surface area contributed by atoms with E-state index in [0.717, 1.165) is 46.1 Å². The van der Waals surface area contributed by atoms with Crippen LogP contribution in [0.5, 0.6) is 0 Å². The van der Waals surface area contributed by atoms with Crippen molar-refractivity contribution in [3.63, 3.8) is 0 Å². The molecule has 4 amide bonds. The van der Waals surface area contributed by atoms with Gasteiger partial charge in [0.05, 0.1) is 5.69 Å². The molecule has 8 nitrogen and oxygen atoms in total. The molecule has 226 valence electrons. The lowest BCUT2D eigenvalue weighted by atomic mass is 9.79. The first-order valence-corrected chi connectivity index (χ1v) is 15.4. The Kier molecular flexibility index (Phi) is 6.48. The van der Waals surface area contributed by atoms with E-state index in [4.69, 9.17) is 0 Å². The fourth-order valence-corrected chi connectivity index (χ4v) is 7.99. The topological polar surface area (TPSA) is 97.5 Å². The first-order valence-electron chi connectivity index (χ1n) is 15.4. The molecule has 2 unspecified atom stereocenters. The summed E-state index contributed by atoms with van der Waals surface area (Å²) in [5.74, 6) is -0.405. The Hall–Kier alpha value is -4.43. The quantitative estimate of drug-likeness (QED) is 0.255. The predicted octanol–water partition coefficient (Wildman–Crippen LogP) is 6.00. The monoisotopic (exact) mass is 589 g/mol. The van der Waals surface area contributed by atoms with E-state index in [9.17, 15) is 14.4 Å². The van der Waals surface area contributed by atoms with E-state index >= 15 is 0 Å². The molecular formula is C36H39N5O3. The molecule has 2 atom stereocenters. The van der Waals surface area contributed by atoms with Crippen LogP contribution in [0.15, 0.2) is 72.8 Å². The summed E-state index contributed by atoms with van der Waals surface area (Å²) in [6.45, 7) is 10.7. The molecular weight excluding hydrogens is 550 g/mol. The van der Waals surface area contributed by atoms with E-state index < -0.39 is 12.1 Å². The molecule has 2 saturated heterocycles. The third-order valence-corrected chi connectivity index (χ3v) is 9.45. The highest BCUT2D eigenvalue weighted by molar-refractivity contribution is 6.22. The maximum absolute atomic E-state index is 14.2. The number of aromatic nitrogens is 1. The van der Waals surface area contributed by atoms with Gasteiger partial charge in [-0.3, -0.25) is 14.5 Å². The van der Waals surface area contributed by atoms with Gasteiger partial charge in [-0.2, -0.15) is 0 Å². The van der Waals surface area contributed by atoms with Crippen molar-refractivity contribution >= 4 is 34.4 Å². The van der Waals surface area contributed by atoms with Crippen LogP contribution in [0.4, 0.5) is 10.5 Å². The summed E-state index contributed by atoms with van der Waals surface area (Å²) in [6.07, 6.45) is 2.09. The van der Waals surface area contributed by atoms with Gasteiger partial charge in [-0.25, -0.2) is 9.69 Å². The smallest absolute Gasteiger partial charge is 0.332 e. The number of hydrogen-bond acceptors (Lipinski definition) is 4. The number of amides is 4. The number of carbonyl (C=O) groups is 3. The number of fused-ring (bicyclic) bond motifs is 4. The average Bonchev–Trinajstić information content (AvgIpc) is 3.45. The number of aryl methyl sites for hydroxylation is 1. The second-order valence-corrected chi connectivity index (χ2v) is 13.9. The molecule has 0 radical (unpaired) electrons. The van der Waals surface area contributed by atoms with Crippen molar-refractivity contribution in [1.29, 1.82) is 0 Å². The van der Waals surface area contributed by atoms with Crippen molar-refractivity contribution < 1.29 is 14.4 Å². The molecule has 7 rings (SSSR count). The zero-order chi connectivity index (χ0) is 31.0. The number of nitrogens with one attached hydrogen (secondary N) is 3. The number of rotatable bonds is 4. The minimum Gasteiger partial charge on any atom is -0.356 e. The molecule has 4 aromatic rings. The van der Waals surface area contributed by atoms with Gasteiger partial charge >= 0.3 is 6.03 Å². The molecule has 3 aliphatic rings. The Morgan fingerprint density at radius 3 is 2.25 bits per heavy atom. The fourth-order valence-electron chi connectivity index (χ4n) is 7.99. The largest absolute Gasteiger partial charge is 0.356 e. The molecule has 2 fully saturated rings. The molecule has 8 heteroatoms. The van der Waals surface area contributed by atoms with Gasteiger partial charge in [-0.05, 0) is 94.5 Å². The first-order chi connectivity index (χ1) is 20.9. The molecule has 3 aliphatic heterocycles. The molecule has 44 heavy (non-hydrogen) atoms. The van der Waals surface area contributed by atoms with Crippen LogP contribution in [0.3, 0.4) is 0 Å². The minimum absolute atomic E-state index is 0.0395. The Labute approximate surface area is 257 Å². The van der Waals surface area contributed by atoms with Gasteiger partial charge in [-0.15, -0.1) is 0 Å². The molecule has 1 aromatic heterocycles. The molecule has 0 aliphatic carbocycles. The summed E-state index contributed by atoms with van der Waals surface area (Å²) in [5.41, 5.74) is 5.86. The summed E-state index contributed by atoms with van der Waals surface area (Å²) < 4.78 is 0. The van der Waals surface area contributed by atoms with Crippen molar-refractivity contribution in [2.24, 2.45) is 0 Å². The average molecular weight is 590 g/mol. The summed E-state index contributed by atoms with van der Waals surface area (Å²) in [7, 11) is 0. The van der Waals surface area contributed by atoms with Crippen LogP contribution in [-0.2, 0) is 11.2 Å². The van der Waals surface area contributed by atoms with E-state index in [0.29, 0.717) is 17.7 Å². The van der Waals surface area contributed by atoms with Gasteiger partial charge in [-0.1, -0.05) is 42.5 Å². The maximum atomic E-state index is 14.2. The number of carbonyl (C=O) groups excluding carboxylic acids is 3. The number of nitrogens with zero attached hydrogens (tertiary/aromatic N) is 2. The molecule has 0 saturated carbocycles. The summed E-state index contributed by atoms with van der Waals surface area (Å²) in [5, 5.41) is 7.93. The van der Waals surface area contributed by atoms with Gasteiger partial charge in [0.25, 0.3) is 11.8 Å². The standard InChI is InChI=1S/C36H39N5O3/c1-21-10-6-7-11-25(21)31-30-27(26-12-8-9-13-28(26)38-30)18-29-33(43)40(34(44)41(29)31)24-16-14-22(15-17-24)32(42)37-23-19-35(2,3)39-36(4,5)20-23/h6-17,23,29,31,38-39H,18-20H2,1-5H3,(H,37,42). The van der Waals surface area contributed by atoms with Crippen molar-refractivity contribution in [2.75, 3.05) is 4.90 Å². The summed E-state index contributed by atoms with van der Waals surface area (Å²) in [6, 6.07) is 21.6. The maximum Gasteiger partial charge on any atom is 0.332 e. The fraction of sp³-hybridized carbons (Fsp3) is 0.361. The Balaban J connectivity index is 1.19. The van der Waals surface area contributed by atoms with Gasteiger partial charge in [0, 0.05) is 45.7 Å². The Morgan fingerprint density at radius 1 is 0.886 bits per heavy atom. The number of para-hydroxylation sites is 1. The van der Waals surface area contributed by atoms with Crippen LogP contribution in [0.1, 0.15) is 79.3 Å². The number of imide groups is 1. The number of piperidine rings is 1. The van der Waals surface area contributed by atoms with Crippen LogP contribution in [0.25, 0.3) is 10.9 Å². The minimum atomic E-state index is -0.631. The lowest BCUT2D eigenvalue weighted by Crippen LogP contribution is -2.62. The van der Waals surface area contributed by atoms with Crippen LogP contribution < -0.4 is 15.5 Å².